The third kappa shape index (κ3) is 3.46. The van der Waals surface area contributed by atoms with E-state index in [9.17, 15) is 8.42 Å². The molecule has 18 heavy (non-hydrogen) atoms. The van der Waals surface area contributed by atoms with Crippen LogP contribution in [0.3, 0.4) is 0 Å². The molecule has 1 aliphatic rings. The number of hydrogen-bond donors (Lipinski definition) is 0. The second-order valence-corrected chi connectivity index (χ2v) is 7.36. The van der Waals surface area contributed by atoms with Gasteiger partial charge in [0.1, 0.15) is 4.90 Å². The van der Waals surface area contributed by atoms with E-state index in [2.05, 4.69) is 17.0 Å². The first-order valence-corrected chi connectivity index (χ1v) is 8.45. The molecule has 5 nitrogen and oxygen atoms in total. The molecular formula is C11H18ClN3O2S. The molecule has 1 unspecified atom stereocenters. The standard InChI is InChI=1S/C11H18ClN3O2S/c1-14-6-3-2-4-10(14)5-7-15-9-11(8-13-15)18(12,16)17/h8-10H,2-7H2,1H3. The molecular weight excluding hydrogens is 274 g/mol. The van der Waals surface area contributed by atoms with Gasteiger partial charge in [-0.3, -0.25) is 4.68 Å². The van der Waals surface area contributed by atoms with Gasteiger partial charge in [0, 0.05) is 29.5 Å². The molecule has 0 spiro atoms. The zero-order valence-corrected chi connectivity index (χ0v) is 12.0. The summed E-state index contributed by atoms with van der Waals surface area (Å²) in [6, 6.07) is 0.569. The number of hydrogen-bond acceptors (Lipinski definition) is 4. The van der Waals surface area contributed by atoms with Crippen LogP contribution in [0.2, 0.25) is 0 Å². The van der Waals surface area contributed by atoms with Gasteiger partial charge in [0.2, 0.25) is 0 Å². The van der Waals surface area contributed by atoms with Crippen LogP contribution in [-0.4, -0.2) is 42.7 Å². The first-order valence-electron chi connectivity index (χ1n) is 6.14. The average Bonchev–Trinajstić information content (AvgIpc) is 2.76. The predicted molar refractivity (Wildman–Crippen MR) is 70.2 cm³/mol. The van der Waals surface area contributed by atoms with Crippen LogP contribution in [0.5, 0.6) is 0 Å². The molecule has 2 rings (SSSR count). The number of aromatic nitrogens is 2. The summed E-state index contributed by atoms with van der Waals surface area (Å²) in [5.74, 6) is 0. The predicted octanol–water partition coefficient (Wildman–Crippen LogP) is 1.69. The Labute approximate surface area is 112 Å². The number of piperidine rings is 1. The van der Waals surface area contributed by atoms with E-state index in [1.807, 2.05) is 0 Å². The van der Waals surface area contributed by atoms with Crippen LogP contribution in [-0.2, 0) is 15.6 Å². The lowest BCUT2D eigenvalue weighted by molar-refractivity contribution is 0.169. The van der Waals surface area contributed by atoms with Crippen molar-refractivity contribution in [3.05, 3.63) is 12.4 Å². The van der Waals surface area contributed by atoms with E-state index < -0.39 is 9.05 Å². The summed E-state index contributed by atoms with van der Waals surface area (Å²) >= 11 is 0. The average molecular weight is 292 g/mol. The van der Waals surface area contributed by atoms with E-state index >= 15 is 0 Å². The molecule has 102 valence electrons. The molecule has 1 saturated heterocycles. The van der Waals surface area contributed by atoms with Gasteiger partial charge in [0.05, 0.1) is 6.20 Å². The maximum absolute atomic E-state index is 11.1. The van der Waals surface area contributed by atoms with E-state index in [1.54, 1.807) is 4.68 Å². The summed E-state index contributed by atoms with van der Waals surface area (Å²) in [4.78, 5) is 2.44. The van der Waals surface area contributed by atoms with E-state index in [4.69, 9.17) is 10.7 Å². The van der Waals surface area contributed by atoms with Crippen LogP contribution >= 0.6 is 10.7 Å². The SMILES string of the molecule is CN1CCCCC1CCn1cc(S(=O)(=O)Cl)cn1. The monoisotopic (exact) mass is 291 g/mol. The fourth-order valence-electron chi connectivity index (χ4n) is 2.38. The summed E-state index contributed by atoms with van der Waals surface area (Å²) in [6.45, 7) is 1.87. The highest BCUT2D eigenvalue weighted by Gasteiger charge is 2.19. The lowest BCUT2D eigenvalue weighted by Gasteiger charge is -2.32. The van der Waals surface area contributed by atoms with Crippen molar-refractivity contribution in [2.24, 2.45) is 0 Å². The Morgan fingerprint density at radius 2 is 2.28 bits per heavy atom. The molecule has 1 aliphatic heterocycles. The Balaban J connectivity index is 1.92. The summed E-state index contributed by atoms with van der Waals surface area (Å²) in [6.07, 6.45) is 7.52. The largest absolute Gasteiger partial charge is 0.303 e. The van der Waals surface area contributed by atoms with Crippen molar-refractivity contribution in [2.75, 3.05) is 13.6 Å². The first-order chi connectivity index (χ1) is 8.47. The second-order valence-electron chi connectivity index (χ2n) is 4.80. The lowest BCUT2D eigenvalue weighted by atomic mass is 10.0. The summed E-state index contributed by atoms with van der Waals surface area (Å²) < 4.78 is 23.9. The van der Waals surface area contributed by atoms with Crippen molar-refractivity contribution in [1.29, 1.82) is 0 Å². The molecule has 1 aromatic rings. The van der Waals surface area contributed by atoms with E-state index in [1.165, 1.54) is 31.7 Å². The number of likely N-dealkylation sites (tertiary alicyclic amines) is 1. The van der Waals surface area contributed by atoms with Crippen molar-refractivity contribution in [3.8, 4) is 0 Å². The summed E-state index contributed by atoms with van der Waals surface area (Å²) in [5, 5.41) is 4.03. The molecule has 1 fully saturated rings. The van der Waals surface area contributed by atoms with Crippen molar-refractivity contribution in [2.45, 2.75) is 43.2 Å². The fraction of sp³-hybridized carbons (Fsp3) is 0.727. The molecule has 0 aliphatic carbocycles. The normalized spacial score (nSPS) is 22.2. The molecule has 2 heterocycles. The van der Waals surface area contributed by atoms with Gasteiger partial charge in [0.25, 0.3) is 9.05 Å². The van der Waals surface area contributed by atoms with Crippen molar-refractivity contribution < 1.29 is 8.42 Å². The van der Waals surface area contributed by atoms with Crippen LogP contribution in [0.25, 0.3) is 0 Å². The van der Waals surface area contributed by atoms with Crippen molar-refractivity contribution >= 4 is 19.7 Å². The molecule has 0 N–H and O–H groups in total. The number of rotatable bonds is 4. The first kappa shape index (κ1) is 13.8. The quantitative estimate of drug-likeness (QED) is 0.792. The minimum Gasteiger partial charge on any atom is -0.303 e. The minimum absolute atomic E-state index is 0.0705. The van der Waals surface area contributed by atoms with Gasteiger partial charge in [0.15, 0.2) is 0 Å². The molecule has 0 amide bonds. The topological polar surface area (TPSA) is 55.2 Å². The highest BCUT2D eigenvalue weighted by molar-refractivity contribution is 8.13. The van der Waals surface area contributed by atoms with Crippen LogP contribution < -0.4 is 0 Å². The lowest BCUT2D eigenvalue weighted by Crippen LogP contribution is -2.36. The molecule has 0 saturated carbocycles. The maximum Gasteiger partial charge on any atom is 0.264 e. The van der Waals surface area contributed by atoms with Crippen LogP contribution in [0.4, 0.5) is 0 Å². The van der Waals surface area contributed by atoms with Gasteiger partial charge >= 0.3 is 0 Å². The highest BCUT2D eigenvalue weighted by Crippen LogP contribution is 2.19. The Morgan fingerprint density at radius 1 is 1.50 bits per heavy atom. The van der Waals surface area contributed by atoms with E-state index in [0.29, 0.717) is 6.04 Å². The zero-order chi connectivity index (χ0) is 13.2. The second kappa shape index (κ2) is 5.59. The zero-order valence-electron chi connectivity index (χ0n) is 10.4. The number of aryl methyl sites for hydroxylation is 1. The molecule has 0 bridgehead atoms. The molecule has 0 radical (unpaired) electrons. The Morgan fingerprint density at radius 3 is 2.89 bits per heavy atom. The Kier molecular flexibility index (Phi) is 4.29. The third-order valence-corrected chi connectivity index (χ3v) is 4.81. The van der Waals surface area contributed by atoms with Gasteiger partial charge < -0.3 is 4.90 Å². The molecule has 1 aromatic heterocycles. The fourth-order valence-corrected chi connectivity index (χ4v) is 3.04. The van der Waals surface area contributed by atoms with Gasteiger partial charge in [-0.15, -0.1) is 0 Å². The van der Waals surface area contributed by atoms with Gasteiger partial charge in [-0.1, -0.05) is 6.42 Å². The molecule has 7 heteroatoms. The van der Waals surface area contributed by atoms with Gasteiger partial charge in [-0.25, -0.2) is 8.42 Å². The van der Waals surface area contributed by atoms with E-state index in [0.717, 1.165) is 19.5 Å². The smallest absolute Gasteiger partial charge is 0.264 e. The van der Waals surface area contributed by atoms with Crippen LogP contribution in [0, 0.1) is 0 Å². The number of nitrogens with zero attached hydrogens (tertiary/aromatic N) is 3. The summed E-state index contributed by atoms with van der Waals surface area (Å²) in [7, 11) is 3.74. The van der Waals surface area contributed by atoms with Crippen LogP contribution in [0.1, 0.15) is 25.7 Å². The van der Waals surface area contributed by atoms with Crippen LogP contribution in [0.15, 0.2) is 17.3 Å². The van der Waals surface area contributed by atoms with Gasteiger partial charge in [-0.2, -0.15) is 5.10 Å². The molecule has 1 atom stereocenters. The molecule has 0 aromatic carbocycles. The number of halogens is 1. The van der Waals surface area contributed by atoms with Gasteiger partial charge in [-0.05, 0) is 32.9 Å². The third-order valence-electron chi connectivity index (χ3n) is 3.50. The van der Waals surface area contributed by atoms with Crippen molar-refractivity contribution in [1.82, 2.24) is 14.7 Å². The van der Waals surface area contributed by atoms with E-state index in [-0.39, 0.29) is 4.90 Å². The highest BCUT2D eigenvalue weighted by atomic mass is 35.7. The van der Waals surface area contributed by atoms with Crippen molar-refractivity contribution in [3.63, 3.8) is 0 Å². The summed E-state index contributed by atoms with van der Waals surface area (Å²) in [5.41, 5.74) is 0. The minimum atomic E-state index is -3.66. The Bertz CT molecular complexity index is 500. The maximum atomic E-state index is 11.1. The Hall–Kier alpha value is -0.590.